The number of rotatable bonds is 1. The summed E-state index contributed by atoms with van der Waals surface area (Å²) < 4.78 is 0. The molecule has 1 aliphatic heterocycles. The number of anilines is 1. The fourth-order valence-electron chi connectivity index (χ4n) is 1.81. The third-order valence-electron chi connectivity index (χ3n) is 2.65. The molecule has 1 fully saturated rings. The van der Waals surface area contributed by atoms with E-state index in [1.54, 1.807) is 4.90 Å². The molecule has 2 heterocycles. The largest absolute Gasteiger partial charge is 0.505 e. The average molecular weight is 219 g/mol. The van der Waals surface area contributed by atoms with Crippen molar-refractivity contribution in [3.05, 3.63) is 12.4 Å². The Bertz CT molecular complexity index is 399. The molecule has 1 saturated heterocycles. The monoisotopic (exact) mass is 219 g/mol. The Balaban J connectivity index is 2.11. The highest BCUT2D eigenvalue weighted by molar-refractivity contribution is 5.33. The number of piperazine rings is 1. The van der Waals surface area contributed by atoms with Crippen LogP contribution in [0.2, 0.25) is 0 Å². The third kappa shape index (κ3) is 1.98. The molecule has 1 aromatic heterocycles. The number of nitriles is 1. The molecule has 0 aliphatic carbocycles. The van der Waals surface area contributed by atoms with Crippen molar-refractivity contribution in [2.24, 2.45) is 0 Å². The molecule has 0 radical (unpaired) electrons. The Morgan fingerprint density at radius 2 is 2.12 bits per heavy atom. The first-order chi connectivity index (χ1) is 7.70. The topological polar surface area (TPSA) is 76.3 Å². The lowest BCUT2D eigenvalue weighted by Crippen LogP contribution is -2.50. The van der Waals surface area contributed by atoms with Crippen LogP contribution in [0.3, 0.4) is 0 Å². The fraction of sp³-hybridized carbons (Fsp3) is 0.500. The third-order valence-corrected chi connectivity index (χ3v) is 2.65. The average Bonchev–Trinajstić information content (AvgIpc) is 2.30. The maximum Gasteiger partial charge on any atom is 0.225 e. The van der Waals surface area contributed by atoms with Crippen LogP contribution >= 0.6 is 0 Å². The summed E-state index contributed by atoms with van der Waals surface area (Å²) in [4.78, 5) is 11.9. The van der Waals surface area contributed by atoms with Crippen LogP contribution in [0.4, 0.5) is 5.95 Å². The summed E-state index contributed by atoms with van der Waals surface area (Å²) >= 11 is 0. The van der Waals surface area contributed by atoms with Gasteiger partial charge in [-0.2, -0.15) is 5.26 Å². The number of aromatic hydroxyl groups is 1. The number of nitrogens with zero attached hydrogens (tertiary/aromatic N) is 5. The van der Waals surface area contributed by atoms with E-state index in [4.69, 9.17) is 10.4 Å². The van der Waals surface area contributed by atoms with Gasteiger partial charge in [-0.25, -0.2) is 9.97 Å². The maximum absolute atomic E-state index is 9.11. The first-order valence-electron chi connectivity index (χ1n) is 5.13. The van der Waals surface area contributed by atoms with Crippen molar-refractivity contribution in [1.82, 2.24) is 14.9 Å². The molecule has 0 aromatic carbocycles. The van der Waals surface area contributed by atoms with Crippen molar-refractivity contribution >= 4 is 5.95 Å². The molecule has 1 aromatic rings. The molecule has 6 heteroatoms. The SMILES string of the molecule is C[C@@H]1CN(C#N)CCN1c1ncc(O)cn1. The van der Waals surface area contributed by atoms with E-state index in [9.17, 15) is 0 Å². The zero-order valence-corrected chi connectivity index (χ0v) is 9.04. The predicted molar refractivity (Wildman–Crippen MR) is 57.7 cm³/mol. The first kappa shape index (κ1) is 10.5. The molecule has 1 aliphatic rings. The van der Waals surface area contributed by atoms with Gasteiger partial charge in [0, 0.05) is 25.7 Å². The Labute approximate surface area is 93.8 Å². The van der Waals surface area contributed by atoms with Crippen LogP contribution in [0.15, 0.2) is 12.4 Å². The molecule has 0 bridgehead atoms. The van der Waals surface area contributed by atoms with Crippen molar-refractivity contribution in [3.63, 3.8) is 0 Å². The highest BCUT2D eigenvalue weighted by Gasteiger charge is 2.24. The van der Waals surface area contributed by atoms with E-state index >= 15 is 0 Å². The van der Waals surface area contributed by atoms with Gasteiger partial charge in [-0.1, -0.05) is 0 Å². The second kappa shape index (κ2) is 4.23. The van der Waals surface area contributed by atoms with E-state index in [1.807, 2.05) is 11.8 Å². The number of hydrogen-bond acceptors (Lipinski definition) is 6. The molecule has 1 atom stereocenters. The van der Waals surface area contributed by atoms with E-state index in [1.165, 1.54) is 12.4 Å². The van der Waals surface area contributed by atoms with Crippen LogP contribution < -0.4 is 4.90 Å². The molecule has 0 spiro atoms. The van der Waals surface area contributed by atoms with E-state index in [2.05, 4.69) is 16.2 Å². The summed E-state index contributed by atoms with van der Waals surface area (Å²) in [6.07, 6.45) is 4.90. The Kier molecular flexibility index (Phi) is 2.77. The van der Waals surface area contributed by atoms with Gasteiger partial charge in [0.2, 0.25) is 5.95 Å². The van der Waals surface area contributed by atoms with E-state index in [-0.39, 0.29) is 11.8 Å². The Morgan fingerprint density at radius 1 is 1.44 bits per heavy atom. The highest BCUT2D eigenvalue weighted by Crippen LogP contribution is 2.16. The van der Waals surface area contributed by atoms with Gasteiger partial charge in [0.05, 0.1) is 12.4 Å². The van der Waals surface area contributed by atoms with Gasteiger partial charge in [-0.05, 0) is 6.92 Å². The summed E-state index contributed by atoms with van der Waals surface area (Å²) in [7, 11) is 0. The van der Waals surface area contributed by atoms with Crippen molar-refractivity contribution in [2.75, 3.05) is 24.5 Å². The van der Waals surface area contributed by atoms with Gasteiger partial charge >= 0.3 is 0 Å². The normalized spacial score (nSPS) is 20.6. The van der Waals surface area contributed by atoms with Gasteiger partial charge in [-0.15, -0.1) is 0 Å². The zero-order chi connectivity index (χ0) is 11.5. The second-order valence-corrected chi connectivity index (χ2v) is 3.83. The summed E-state index contributed by atoms with van der Waals surface area (Å²) in [5, 5.41) is 17.9. The summed E-state index contributed by atoms with van der Waals surface area (Å²) in [6.45, 7) is 4.12. The Morgan fingerprint density at radius 3 is 2.69 bits per heavy atom. The van der Waals surface area contributed by atoms with Crippen molar-refractivity contribution in [3.8, 4) is 11.9 Å². The second-order valence-electron chi connectivity index (χ2n) is 3.83. The lowest BCUT2D eigenvalue weighted by atomic mass is 10.2. The number of aromatic nitrogens is 2. The van der Waals surface area contributed by atoms with Crippen LogP contribution in [0.5, 0.6) is 5.75 Å². The van der Waals surface area contributed by atoms with Gasteiger partial charge in [-0.3, -0.25) is 0 Å². The molecule has 0 saturated carbocycles. The van der Waals surface area contributed by atoms with Gasteiger partial charge in [0.15, 0.2) is 11.9 Å². The van der Waals surface area contributed by atoms with Crippen molar-refractivity contribution in [2.45, 2.75) is 13.0 Å². The zero-order valence-electron chi connectivity index (χ0n) is 9.04. The fourth-order valence-corrected chi connectivity index (χ4v) is 1.81. The Hall–Kier alpha value is -2.03. The highest BCUT2D eigenvalue weighted by atomic mass is 16.3. The van der Waals surface area contributed by atoms with Gasteiger partial charge < -0.3 is 14.9 Å². The minimum atomic E-state index is 0.0621. The lowest BCUT2D eigenvalue weighted by Gasteiger charge is -2.37. The number of hydrogen-bond donors (Lipinski definition) is 1. The molecule has 16 heavy (non-hydrogen) atoms. The molecule has 84 valence electrons. The van der Waals surface area contributed by atoms with Crippen molar-refractivity contribution in [1.29, 1.82) is 5.26 Å². The van der Waals surface area contributed by atoms with E-state index in [0.29, 0.717) is 19.0 Å². The molecule has 6 nitrogen and oxygen atoms in total. The first-order valence-corrected chi connectivity index (χ1v) is 5.13. The van der Waals surface area contributed by atoms with Crippen LogP contribution in [0, 0.1) is 11.5 Å². The maximum atomic E-state index is 9.11. The standard InChI is InChI=1S/C10H13N5O/c1-8-6-14(7-11)2-3-15(8)10-12-4-9(16)5-13-10/h4-5,8,16H,2-3,6H2,1H3/t8-/m1/s1. The van der Waals surface area contributed by atoms with Crippen LogP contribution in [0.25, 0.3) is 0 Å². The summed E-state index contributed by atoms with van der Waals surface area (Å²) in [5.41, 5.74) is 0. The van der Waals surface area contributed by atoms with Gasteiger partial charge in [0.25, 0.3) is 0 Å². The predicted octanol–water partition coefficient (Wildman–Crippen LogP) is 0.174. The van der Waals surface area contributed by atoms with Crippen molar-refractivity contribution < 1.29 is 5.11 Å². The lowest BCUT2D eigenvalue weighted by molar-refractivity contribution is 0.316. The van der Waals surface area contributed by atoms with Gasteiger partial charge in [0.1, 0.15) is 0 Å². The smallest absolute Gasteiger partial charge is 0.225 e. The minimum Gasteiger partial charge on any atom is -0.505 e. The molecule has 0 unspecified atom stereocenters. The van der Waals surface area contributed by atoms with E-state index < -0.39 is 0 Å². The molecular formula is C10H13N5O. The minimum absolute atomic E-state index is 0.0621. The van der Waals surface area contributed by atoms with Crippen LogP contribution in [0.1, 0.15) is 6.92 Å². The van der Waals surface area contributed by atoms with Crippen LogP contribution in [-0.4, -0.2) is 45.7 Å². The molecule has 2 rings (SSSR count). The van der Waals surface area contributed by atoms with Crippen LogP contribution in [-0.2, 0) is 0 Å². The summed E-state index contributed by atoms with van der Waals surface area (Å²) in [6, 6.07) is 0.193. The molecule has 0 amide bonds. The molecular weight excluding hydrogens is 206 g/mol. The molecule has 1 N–H and O–H groups in total. The van der Waals surface area contributed by atoms with E-state index in [0.717, 1.165) is 6.54 Å². The quantitative estimate of drug-likeness (QED) is 0.679. The summed E-state index contributed by atoms with van der Waals surface area (Å²) in [5.74, 6) is 0.662.